The van der Waals surface area contributed by atoms with Gasteiger partial charge in [0.1, 0.15) is 0 Å². The zero-order valence-corrected chi connectivity index (χ0v) is 16.2. The molecule has 0 aliphatic carbocycles. The summed E-state index contributed by atoms with van der Waals surface area (Å²) in [5, 5.41) is -2.22. The summed E-state index contributed by atoms with van der Waals surface area (Å²) in [6, 6.07) is 6.73. The third-order valence-corrected chi connectivity index (χ3v) is 8.04. The van der Waals surface area contributed by atoms with Crippen LogP contribution in [0.2, 0.25) is 0 Å². The Hall–Kier alpha value is -2.93. The lowest BCUT2D eigenvalue weighted by atomic mass is 10.0. The van der Waals surface area contributed by atoms with Gasteiger partial charge in [-0.05, 0) is 0 Å². The molecule has 156 valence electrons. The lowest BCUT2D eigenvalue weighted by Crippen LogP contribution is -2.26. The van der Waals surface area contributed by atoms with E-state index in [2.05, 4.69) is 9.47 Å². The molecule has 3 nitrogen and oxygen atoms in total. The number of benzene rings is 3. The van der Waals surface area contributed by atoms with E-state index in [4.69, 9.17) is 0 Å². The molecule has 0 radical (unpaired) electrons. The van der Waals surface area contributed by atoms with Crippen LogP contribution in [0.25, 0.3) is 11.1 Å². The van der Waals surface area contributed by atoms with Crippen molar-refractivity contribution in [3.8, 4) is 22.6 Å². The summed E-state index contributed by atoms with van der Waals surface area (Å²) in [5.41, 5.74) is -2.32. The number of rotatable bonds is 3. The number of hydrogen-bond donors (Lipinski definition) is 0. The average Bonchev–Trinajstić information content (AvgIpc) is 3.03. The fraction of sp³-hybridized carbons (Fsp3) is 0.100. The van der Waals surface area contributed by atoms with Crippen LogP contribution in [0.15, 0.2) is 30.3 Å². The molecule has 4 rings (SSSR count). The SMILES string of the molecule is COc1c(F)c(F)c2c(c1F)P(=O)(c1ccccc1)c1c(F)c(OC)c(F)c(F)c1-2. The standard InChI is InChI=1S/C20H11F6O3P/c1-28-17-13(23)11(21)9-10-12(22)14(24)18(29-2)16(26)20(10)30(27,19(9)15(17)25)8-6-4-3-5-7-8/h3-7H,1-2H3. The minimum Gasteiger partial charge on any atom is -0.491 e. The number of methoxy groups -OCH3 is 2. The fourth-order valence-electron chi connectivity index (χ4n) is 3.67. The van der Waals surface area contributed by atoms with Crippen molar-refractivity contribution in [1.82, 2.24) is 0 Å². The highest BCUT2D eigenvalue weighted by atomic mass is 31.2. The summed E-state index contributed by atoms with van der Waals surface area (Å²) in [4.78, 5) is 0. The first-order valence-electron chi connectivity index (χ1n) is 8.37. The summed E-state index contributed by atoms with van der Waals surface area (Å²) in [6.45, 7) is 0. The third-order valence-electron chi connectivity index (χ3n) is 4.92. The van der Waals surface area contributed by atoms with E-state index < -0.39 is 75.3 Å². The van der Waals surface area contributed by atoms with Crippen LogP contribution in [0.4, 0.5) is 26.3 Å². The van der Waals surface area contributed by atoms with Gasteiger partial charge in [-0.1, -0.05) is 30.3 Å². The first-order chi connectivity index (χ1) is 14.2. The van der Waals surface area contributed by atoms with Crippen molar-refractivity contribution in [3.63, 3.8) is 0 Å². The molecule has 1 heterocycles. The van der Waals surface area contributed by atoms with E-state index >= 15 is 8.78 Å². The van der Waals surface area contributed by atoms with E-state index in [1.54, 1.807) is 0 Å². The van der Waals surface area contributed by atoms with Gasteiger partial charge in [0.05, 0.1) is 24.8 Å². The molecule has 0 unspecified atom stereocenters. The minimum absolute atomic E-state index is 0.205. The fourth-order valence-corrected chi connectivity index (χ4v) is 6.81. The summed E-state index contributed by atoms with van der Waals surface area (Å²) < 4.78 is 112. The molecule has 0 N–H and O–H groups in total. The molecule has 30 heavy (non-hydrogen) atoms. The van der Waals surface area contributed by atoms with Crippen molar-refractivity contribution in [2.45, 2.75) is 0 Å². The summed E-state index contributed by atoms with van der Waals surface area (Å²) in [7, 11) is -2.99. The normalized spacial score (nSPS) is 13.7. The maximum Gasteiger partial charge on any atom is 0.204 e. The molecule has 3 aromatic carbocycles. The zero-order valence-electron chi connectivity index (χ0n) is 15.3. The molecule has 0 saturated carbocycles. The van der Waals surface area contributed by atoms with E-state index in [0.29, 0.717) is 0 Å². The molecule has 0 fully saturated rings. The van der Waals surface area contributed by atoms with Crippen molar-refractivity contribution < 1.29 is 40.4 Å². The Balaban J connectivity index is 2.32. The van der Waals surface area contributed by atoms with Crippen LogP contribution in [0.1, 0.15) is 0 Å². The van der Waals surface area contributed by atoms with Gasteiger partial charge in [0.2, 0.25) is 11.6 Å². The van der Waals surface area contributed by atoms with E-state index in [1.165, 1.54) is 30.3 Å². The first-order valence-corrected chi connectivity index (χ1v) is 10.1. The average molecular weight is 444 g/mol. The van der Waals surface area contributed by atoms with Crippen LogP contribution < -0.4 is 25.4 Å². The topological polar surface area (TPSA) is 35.5 Å². The Morgan fingerprint density at radius 1 is 0.633 bits per heavy atom. The van der Waals surface area contributed by atoms with Crippen LogP contribution in [-0.2, 0) is 4.57 Å². The van der Waals surface area contributed by atoms with Gasteiger partial charge in [-0.2, -0.15) is 8.78 Å². The van der Waals surface area contributed by atoms with Gasteiger partial charge >= 0.3 is 0 Å². The second-order valence-corrected chi connectivity index (χ2v) is 8.97. The molecule has 0 saturated heterocycles. The van der Waals surface area contributed by atoms with Gasteiger partial charge in [0.15, 0.2) is 41.9 Å². The van der Waals surface area contributed by atoms with Crippen molar-refractivity contribution in [1.29, 1.82) is 0 Å². The van der Waals surface area contributed by atoms with Gasteiger partial charge in [0.25, 0.3) is 0 Å². The molecule has 10 heteroatoms. The monoisotopic (exact) mass is 444 g/mol. The number of hydrogen-bond acceptors (Lipinski definition) is 3. The Kier molecular flexibility index (Phi) is 4.62. The molecule has 0 aromatic heterocycles. The second kappa shape index (κ2) is 6.80. The molecule has 0 spiro atoms. The van der Waals surface area contributed by atoms with E-state index in [-0.39, 0.29) is 5.30 Å². The van der Waals surface area contributed by atoms with Gasteiger partial charge in [-0.3, -0.25) is 0 Å². The Bertz CT molecular complexity index is 1180. The number of halogens is 6. The smallest absolute Gasteiger partial charge is 0.204 e. The Labute approximate surface area is 166 Å². The lowest BCUT2D eigenvalue weighted by molar-refractivity contribution is 0.347. The largest absolute Gasteiger partial charge is 0.491 e. The summed E-state index contributed by atoms with van der Waals surface area (Å²) in [5.74, 6) is -13.0. The molecule has 1 aliphatic heterocycles. The van der Waals surface area contributed by atoms with Crippen LogP contribution in [0.5, 0.6) is 11.5 Å². The summed E-state index contributed by atoms with van der Waals surface area (Å²) in [6.07, 6.45) is 0. The predicted molar refractivity (Wildman–Crippen MR) is 97.7 cm³/mol. The van der Waals surface area contributed by atoms with Gasteiger partial charge in [0, 0.05) is 16.4 Å². The first kappa shape index (κ1) is 20.3. The highest BCUT2D eigenvalue weighted by Crippen LogP contribution is 2.57. The highest BCUT2D eigenvalue weighted by Gasteiger charge is 2.51. The lowest BCUT2D eigenvalue weighted by Gasteiger charge is -2.18. The van der Waals surface area contributed by atoms with Crippen LogP contribution in [0, 0.1) is 34.9 Å². The van der Waals surface area contributed by atoms with E-state index in [1.807, 2.05) is 0 Å². The van der Waals surface area contributed by atoms with Crippen molar-refractivity contribution in [2.24, 2.45) is 0 Å². The van der Waals surface area contributed by atoms with Gasteiger partial charge in [-0.15, -0.1) is 0 Å². The molecular formula is C20H11F6O3P. The van der Waals surface area contributed by atoms with E-state index in [9.17, 15) is 22.1 Å². The Morgan fingerprint density at radius 2 is 1.03 bits per heavy atom. The molecule has 0 amide bonds. The zero-order chi connectivity index (χ0) is 22.0. The quantitative estimate of drug-likeness (QED) is 0.271. The van der Waals surface area contributed by atoms with Crippen LogP contribution in [0.3, 0.4) is 0 Å². The maximum atomic E-state index is 15.2. The minimum atomic E-state index is -4.67. The van der Waals surface area contributed by atoms with Crippen molar-refractivity contribution >= 4 is 23.1 Å². The maximum absolute atomic E-state index is 15.2. The van der Waals surface area contributed by atoms with Crippen LogP contribution >= 0.6 is 7.14 Å². The van der Waals surface area contributed by atoms with Crippen molar-refractivity contribution in [2.75, 3.05) is 14.2 Å². The molecule has 3 aromatic rings. The molecular weight excluding hydrogens is 433 g/mol. The predicted octanol–water partition coefficient (Wildman–Crippen LogP) is 4.16. The third kappa shape index (κ3) is 2.32. The highest BCUT2D eigenvalue weighted by molar-refractivity contribution is 7.86. The van der Waals surface area contributed by atoms with Crippen LogP contribution in [-0.4, -0.2) is 14.2 Å². The van der Waals surface area contributed by atoms with E-state index in [0.717, 1.165) is 14.2 Å². The van der Waals surface area contributed by atoms with Crippen molar-refractivity contribution in [3.05, 3.63) is 65.2 Å². The molecule has 0 atom stereocenters. The molecule has 0 bridgehead atoms. The second-order valence-electron chi connectivity index (χ2n) is 6.34. The number of fused-ring (bicyclic) bond motifs is 3. The van der Waals surface area contributed by atoms with Gasteiger partial charge < -0.3 is 14.0 Å². The Morgan fingerprint density at radius 3 is 1.40 bits per heavy atom. The molecule has 1 aliphatic rings. The summed E-state index contributed by atoms with van der Waals surface area (Å²) >= 11 is 0. The number of ether oxygens (including phenoxy) is 2. The van der Waals surface area contributed by atoms with Gasteiger partial charge in [-0.25, -0.2) is 17.6 Å².